The Kier molecular flexibility index (Phi) is 6.18. The molecule has 0 aliphatic heterocycles. The maximum atomic E-state index is 14.1. The summed E-state index contributed by atoms with van der Waals surface area (Å²) in [6.45, 7) is -0.963. The van der Waals surface area contributed by atoms with Gasteiger partial charge >= 0.3 is 0 Å². The lowest BCUT2D eigenvalue weighted by Gasteiger charge is -2.14. The van der Waals surface area contributed by atoms with Crippen LogP contribution in [0.15, 0.2) is 36.4 Å². The summed E-state index contributed by atoms with van der Waals surface area (Å²) in [5.74, 6) is -5.49. The lowest BCUT2D eigenvalue weighted by Crippen LogP contribution is -2.47. The van der Waals surface area contributed by atoms with Crippen LogP contribution >= 0.6 is 0 Å². The van der Waals surface area contributed by atoms with Gasteiger partial charge in [-0.3, -0.25) is 9.59 Å². The molecule has 2 amide bonds. The molecule has 0 heterocycles. The monoisotopic (exact) mass is 368 g/mol. The number of benzene rings is 2. The number of amides is 2. The molecule has 2 aromatic carbocycles. The average Bonchev–Trinajstić information content (AvgIpc) is 2.57. The van der Waals surface area contributed by atoms with Gasteiger partial charge in [0.1, 0.15) is 41.4 Å². The van der Waals surface area contributed by atoms with Crippen molar-refractivity contribution in [2.24, 2.45) is 5.73 Å². The first-order valence-electron chi connectivity index (χ1n) is 7.39. The van der Waals surface area contributed by atoms with Crippen molar-refractivity contribution in [3.8, 4) is 5.75 Å². The fraction of sp³-hybridized carbons (Fsp3) is 0.176. The maximum Gasteiger partial charge on any atom is 0.257 e. The summed E-state index contributed by atoms with van der Waals surface area (Å²) in [7, 11) is 0. The number of primary amides is 1. The standard InChI is InChI=1S/C17H15F3N2O4/c18-10-3-1-2-9(4-10)8-26-11-5-12(19)15(13(20)6-11)17(25)22-14(7-23)16(21)24/h1-6,14,23H,7-8H2,(H2,21,24)(H,22,25)/t14-/m0/s1. The van der Waals surface area contributed by atoms with Crippen LogP contribution in [0.1, 0.15) is 15.9 Å². The SMILES string of the molecule is NC(=O)[C@H](CO)NC(=O)c1c(F)cc(OCc2cccc(F)c2)cc1F. The van der Waals surface area contributed by atoms with Gasteiger partial charge in [0.15, 0.2) is 0 Å². The van der Waals surface area contributed by atoms with Crippen LogP contribution in [-0.2, 0) is 11.4 Å². The van der Waals surface area contributed by atoms with Gasteiger partial charge in [-0.2, -0.15) is 0 Å². The smallest absolute Gasteiger partial charge is 0.257 e. The van der Waals surface area contributed by atoms with Crippen LogP contribution in [0, 0.1) is 17.5 Å². The molecule has 0 bridgehead atoms. The summed E-state index contributed by atoms with van der Waals surface area (Å²) in [6, 6.07) is 5.53. The first kappa shape index (κ1) is 19.3. The molecule has 0 radical (unpaired) electrons. The average molecular weight is 368 g/mol. The minimum atomic E-state index is -1.48. The predicted molar refractivity (Wildman–Crippen MR) is 84.6 cm³/mol. The van der Waals surface area contributed by atoms with Crippen LogP contribution in [0.3, 0.4) is 0 Å². The largest absolute Gasteiger partial charge is 0.489 e. The van der Waals surface area contributed by atoms with Crippen molar-refractivity contribution in [1.82, 2.24) is 5.32 Å². The van der Waals surface area contributed by atoms with Gasteiger partial charge in [-0.15, -0.1) is 0 Å². The van der Waals surface area contributed by atoms with Crippen molar-refractivity contribution in [1.29, 1.82) is 0 Å². The first-order chi connectivity index (χ1) is 12.3. The Bertz CT molecular complexity index is 806. The normalized spacial score (nSPS) is 11.7. The number of halogens is 3. The highest BCUT2D eigenvalue weighted by atomic mass is 19.1. The fourth-order valence-electron chi connectivity index (χ4n) is 2.08. The van der Waals surface area contributed by atoms with Crippen molar-refractivity contribution in [2.45, 2.75) is 12.6 Å². The molecule has 0 unspecified atom stereocenters. The highest BCUT2D eigenvalue weighted by molar-refractivity contribution is 5.97. The number of carbonyl (C=O) groups is 2. The summed E-state index contributed by atoms with van der Waals surface area (Å²) < 4.78 is 46.4. The molecular weight excluding hydrogens is 353 g/mol. The lowest BCUT2D eigenvalue weighted by atomic mass is 10.1. The molecule has 1 atom stereocenters. The molecule has 4 N–H and O–H groups in total. The van der Waals surface area contributed by atoms with E-state index in [2.05, 4.69) is 0 Å². The van der Waals surface area contributed by atoms with E-state index in [0.29, 0.717) is 5.56 Å². The topological polar surface area (TPSA) is 102 Å². The third-order valence-corrected chi connectivity index (χ3v) is 3.37. The zero-order valence-corrected chi connectivity index (χ0v) is 13.3. The van der Waals surface area contributed by atoms with Crippen LogP contribution in [0.2, 0.25) is 0 Å². The number of aliphatic hydroxyl groups is 1. The van der Waals surface area contributed by atoms with E-state index in [-0.39, 0.29) is 12.4 Å². The van der Waals surface area contributed by atoms with Crippen molar-refractivity contribution in [3.63, 3.8) is 0 Å². The number of nitrogens with one attached hydrogen (secondary N) is 1. The molecule has 0 saturated heterocycles. The minimum absolute atomic E-state index is 0.142. The van der Waals surface area contributed by atoms with Crippen molar-refractivity contribution >= 4 is 11.8 Å². The Morgan fingerprint density at radius 3 is 2.35 bits per heavy atom. The summed E-state index contributed by atoms with van der Waals surface area (Å²) in [5.41, 5.74) is 4.42. The van der Waals surface area contributed by atoms with E-state index >= 15 is 0 Å². The second-order valence-electron chi connectivity index (χ2n) is 5.29. The number of rotatable bonds is 7. The Morgan fingerprint density at radius 1 is 1.15 bits per heavy atom. The Hall–Kier alpha value is -3.07. The van der Waals surface area contributed by atoms with Gasteiger partial charge in [0.2, 0.25) is 5.91 Å². The highest BCUT2D eigenvalue weighted by Crippen LogP contribution is 2.22. The molecular formula is C17H15F3N2O4. The molecule has 0 spiro atoms. The Labute approximate surface area is 146 Å². The molecule has 138 valence electrons. The van der Waals surface area contributed by atoms with Gasteiger partial charge in [-0.05, 0) is 17.7 Å². The number of hydrogen-bond acceptors (Lipinski definition) is 4. The number of nitrogens with two attached hydrogens (primary N) is 1. The Morgan fingerprint density at radius 2 is 1.81 bits per heavy atom. The number of aliphatic hydroxyl groups excluding tert-OH is 1. The van der Waals surface area contributed by atoms with E-state index < -0.39 is 47.5 Å². The fourth-order valence-corrected chi connectivity index (χ4v) is 2.08. The van der Waals surface area contributed by atoms with Crippen LogP contribution in [0.4, 0.5) is 13.2 Å². The van der Waals surface area contributed by atoms with Gasteiger partial charge in [-0.25, -0.2) is 13.2 Å². The summed E-state index contributed by atoms with van der Waals surface area (Å²) in [4.78, 5) is 22.9. The van der Waals surface area contributed by atoms with Crippen molar-refractivity contribution in [2.75, 3.05) is 6.61 Å². The first-order valence-corrected chi connectivity index (χ1v) is 7.39. The second-order valence-corrected chi connectivity index (χ2v) is 5.29. The van der Waals surface area contributed by atoms with Crippen LogP contribution in [-0.4, -0.2) is 29.6 Å². The minimum Gasteiger partial charge on any atom is -0.489 e. The summed E-state index contributed by atoms with van der Waals surface area (Å²) in [5, 5.41) is 10.8. The third kappa shape index (κ3) is 4.73. The van der Waals surface area contributed by atoms with Gasteiger partial charge in [0, 0.05) is 12.1 Å². The molecule has 9 heteroatoms. The van der Waals surface area contributed by atoms with E-state index in [0.717, 1.165) is 12.1 Å². The van der Waals surface area contributed by atoms with Gasteiger partial charge < -0.3 is 20.9 Å². The number of carbonyl (C=O) groups excluding carboxylic acids is 2. The molecule has 26 heavy (non-hydrogen) atoms. The molecule has 0 aromatic heterocycles. The Balaban J connectivity index is 2.14. The zero-order chi connectivity index (χ0) is 19.3. The van der Waals surface area contributed by atoms with E-state index in [1.54, 1.807) is 6.07 Å². The molecule has 6 nitrogen and oxygen atoms in total. The van der Waals surface area contributed by atoms with Gasteiger partial charge in [-0.1, -0.05) is 12.1 Å². The number of hydrogen-bond donors (Lipinski definition) is 3. The lowest BCUT2D eigenvalue weighted by molar-refractivity contribution is -0.120. The summed E-state index contributed by atoms with van der Waals surface area (Å²) in [6.07, 6.45) is 0. The number of ether oxygens (including phenoxy) is 1. The molecule has 2 rings (SSSR count). The van der Waals surface area contributed by atoms with Crippen molar-refractivity contribution < 1.29 is 32.6 Å². The van der Waals surface area contributed by atoms with Crippen LogP contribution in [0.25, 0.3) is 0 Å². The molecule has 0 aliphatic rings. The van der Waals surface area contributed by atoms with E-state index in [1.807, 2.05) is 5.32 Å². The van der Waals surface area contributed by atoms with E-state index in [9.17, 15) is 22.8 Å². The second kappa shape index (κ2) is 8.34. The third-order valence-electron chi connectivity index (χ3n) is 3.37. The quantitative estimate of drug-likeness (QED) is 0.685. The van der Waals surface area contributed by atoms with Crippen molar-refractivity contribution in [3.05, 3.63) is 65.0 Å². The molecule has 0 fully saturated rings. The van der Waals surface area contributed by atoms with E-state index in [1.165, 1.54) is 18.2 Å². The summed E-state index contributed by atoms with van der Waals surface area (Å²) >= 11 is 0. The predicted octanol–water partition coefficient (Wildman–Crippen LogP) is 1.26. The molecule has 0 saturated carbocycles. The molecule has 2 aromatic rings. The molecule has 0 aliphatic carbocycles. The van der Waals surface area contributed by atoms with Gasteiger partial charge in [0.05, 0.1) is 6.61 Å². The maximum absolute atomic E-state index is 14.1. The highest BCUT2D eigenvalue weighted by Gasteiger charge is 2.24. The van der Waals surface area contributed by atoms with E-state index in [4.69, 9.17) is 15.6 Å². The van der Waals surface area contributed by atoms with Crippen LogP contribution in [0.5, 0.6) is 5.75 Å². The van der Waals surface area contributed by atoms with Crippen LogP contribution < -0.4 is 15.8 Å². The van der Waals surface area contributed by atoms with Gasteiger partial charge in [0.25, 0.3) is 5.91 Å². The zero-order valence-electron chi connectivity index (χ0n) is 13.3.